The highest BCUT2D eigenvalue weighted by Gasteiger charge is 2.10. The minimum Gasteiger partial charge on any atom is -0.294 e. The van der Waals surface area contributed by atoms with Crippen molar-refractivity contribution in [1.29, 1.82) is 0 Å². The molecule has 0 aliphatic rings. The lowest BCUT2D eigenvalue weighted by molar-refractivity contribution is 0.426. The topological polar surface area (TPSA) is 34.9 Å². The van der Waals surface area contributed by atoms with Crippen LogP contribution in [0.25, 0.3) is 0 Å². The Kier molecular flexibility index (Phi) is 3.63. The normalized spacial score (nSPS) is 10.9. The summed E-state index contributed by atoms with van der Waals surface area (Å²) in [6.07, 6.45) is 0. The lowest BCUT2D eigenvalue weighted by Gasteiger charge is -2.12. The van der Waals surface area contributed by atoms with E-state index in [1.54, 1.807) is 0 Å². The van der Waals surface area contributed by atoms with Crippen LogP contribution in [0.3, 0.4) is 0 Å². The SMILES string of the molecule is CC(C)c1nc(Cl)cc(=O)n1CCF. The zero-order chi connectivity index (χ0) is 10.7. The van der Waals surface area contributed by atoms with E-state index < -0.39 is 6.67 Å². The van der Waals surface area contributed by atoms with Gasteiger partial charge in [0.15, 0.2) is 0 Å². The second-order valence-corrected chi connectivity index (χ2v) is 3.66. The van der Waals surface area contributed by atoms with Crippen molar-refractivity contribution in [3.05, 3.63) is 27.4 Å². The Morgan fingerprint density at radius 2 is 2.29 bits per heavy atom. The second kappa shape index (κ2) is 4.55. The molecule has 0 N–H and O–H groups in total. The molecule has 0 spiro atoms. The molecule has 0 amide bonds. The summed E-state index contributed by atoms with van der Waals surface area (Å²) in [5.41, 5.74) is -0.300. The van der Waals surface area contributed by atoms with Gasteiger partial charge in [-0.2, -0.15) is 0 Å². The van der Waals surface area contributed by atoms with Crippen LogP contribution < -0.4 is 5.56 Å². The molecular weight excluding hydrogens is 207 g/mol. The van der Waals surface area contributed by atoms with Gasteiger partial charge in [0.05, 0.1) is 6.54 Å². The van der Waals surface area contributed by atoms with Gasteiger partial charge in [0.25, 0.3) is 5.56 Å². The number of alkyl halides is 1. The predicted molar refractivity (Wildman–Crippen MR) is 53.6 cm³/mol. The Labute approximate surface area is 86.5 Å². The monoisotopic (exact) mass is 218 g/mol. The number of nitrogens with zero attached hydrogens (tertiary/aromatic N) is 2. The number of hydrogen-bond acceptors (Lipinski definition) is 2. The van der Waals surface area contributed by atoms with Crippen molar-refractivity contribution < 1.29 is 4.39 Å². The van der Waals surface area contributed by atoms with Crippen LogP contribution in [0.1, 0.15) is 25.6 Å². The fourth-order valence-electron chi connectivity index (χ4n) is 1.24. The van der Waals surface area contributed by atoms with Crippen molar-refractivity contribution in [2.24, 2.45) is 0 Å². The molecule has 0 saturated heterocycles. The zero-order valence-electron chi connectivity index (χ0n) is 8.13. The molecule has 0 fully saturated rings. The van der Waals surface area contributed by atoms with Crippen LogP contribution in [0.15, 0.2) is 10.9 Å². The molecule has 0 aliphatic carbocycles. The van der Waals surface area contributed by atoms with Gasteiger partial charge in [-0.05, 0) is 0 Å². The van der Waals surface area contributed by atoms with Gasteiger partial charge in [-0.15, -0.1) is 0 Å². The van der Waals surface area contributed by atoms with Crippen molar-refractivity contribution in [2.75, 3.05) is 6.67 Å². The Balaban J connectivity index is 3.29. The molecule has 1 heterocycles. The number of hydrogen-bond donors (Lipinski definition) is 0. The van der Waals surface area contributed by atoms with E-state index in [9.17, 15) is 9.18 Å². The molecule has 0 unspecified atom stereocenters. The van der Waals surface area contributed by atoms with E-state index in [1.807, 2.05) is 13.8 Å². The van der Waals surface area contributed by atoms with Gasteiger partial charge in [-0.1, -0.05) is 25.4 Å². The van der Waals surface area contributed by atoms with Gasteiger partial charge in [0, 0.05) is 12.0 Å². The van der Waals surface area contributed by atoms with E-state index in [2.05, 4.69) is 4.98 Å². The summed E-state index contributed by atoms with van der Waals surface area (Å²) >= 11 is 5.65. The average molecular weight is 219 g/mol. The first-order valence-corrected chi connectivity index (χ1v) is 4.77. The molecule has 3 nitrogen and oxygen atoms in total. The summed E-state index contributed by atoms with van der Waals surface area (Å²) in [5.74, 6) is 0.577. The fourth-order valence-corrected chi connectivity index (χ4v) is 1.42. The molecule has 0 radical (unpaired) electrons. The highest BCUT2D eigenvalue weighted by Crippen LogP contribution is 2.12. The molecule has 5 heteroatoms. The molecule has 1 rings (SSSR count). The number of halogens is 2. The molecule has 14 heavy (non-hydrogen) atoms. The van der Waals surface area contributed by atoms with Crippen molar-refractivity contribution in [1.82, 2.24) is 9.55 Å². The van der Waals surface area contributed by atoms with Gasteiger partial charge < -0.3 is 0 Å². The summed E-state index contributed by atoms with van der Waals surface area (Å²) in [7, 11) is 0. The highest BCUT2D eigenvalue weighted by atomic mass is 35.5. The summed E-state index contributed by atoms with van der Waals surface area (Å²) in [4.78, 5) is 15.4. The Morgan fingerprint density at radius 3 is 2.79 bits per heavy atom. The Hall–Kier alpha value is -0.900. The van der Waals surface area contributed by atoms with Crippen LogP contribution in [0, 0.1) is 0 Å². The molecule has 0 saturated carbocycles. The van der Waals surface area contributed by atoms with Crippen molar-refractivity contribution in [2.45, 2.75) is 26.3 Å². The fraction of sp³-hybridized carbons (Fsp3) is 0.556. The minimum atomic E-state index is -0.580. The molecule has 0 atom stereocenters. The second-order valence-electron chi connectivity index (χ2n) is 3.27. The van der Waals surface area contributed by atoms with Crippen LogP contribution in [-0.4, -0.2) is 16.2 Å². The maximum Gasteiger partial charge on any atom is 0.255 e. The quantitative estimate of drug-likeness (QED) is 0.728. The predicted octanol–water partition coefficient (Wildman–Crippen LogP) is 1.99. The lowest BCUT2D eigenvalue weighted by atomic mass is 10.2. The smallest absolute Gasteiger partial charge is 0.255 e. The summed E-state index contributed by atoms with van der Waals surface area (Å²) in [5, 5.41) is 0.161. The van der Waals surface area contributed by atoms with Gasteiger partial charge in [0.1, 0.15) is 17.7 Å². The van der Waals surface area contributed by atoms with Crippen LogP contribution in [0.5, 0.6) is 0 Å². The van der Waals surface area contributed by atoms with E-state index >= 15 is 0 Å². The largest absolute Gasteiger partial charge is 0.294 e. The summed E-state index contributed by atoms with van der Waals surface area (Å²) < 4.78 is 13.5. The first-order valence-electron chi connectivity index (χ1n) is 4.39. The van der Waals surface area contributed by atoms with Crippen LogP contribution in [0.2, 0.25) is 5.15 Å². The maximum atomic E-state index is 12.2. The van der Waals surface area contributed by atoms with Crippen LogP contribution in [0.4, 0.5) is 4.39 Å². The third-order valence-electron chi connectivity index (χ3n) is 1.83. The third-order valence-corrected chi connectivity index (χ3v) is 2.02. The number of aromatic nitrogens is 2. The Bertz CT molecular complexity index is 376. The van der Waals surface area contributed by atoms with Crippen LogP contribution in [-0.2, 0) is 6.54 Å². The van der Waals surface area contributed by atoms with E-state index in [0.29, 0.717) is 5.82 Å². The standard InChI is InChI=1S/C9H12ClFN2O/c1-6(2)9-12-7(10)5-8(14)13(9)4-3-11/h5-6H,3-4H2,1-2H3. The van der Waals surface area contributed by atoms with Crippen molar-refractivity contribution in [3.8, 4) is 0 Å². The number of rotatable bonds is 3. The maximum absolute atomic E-state index is 12.2. The van der Waals surface area contributed by atoms with Crippen LogP contribution >= 0.6 is 11.6 Å². The minimum absolute atomic E-state index is 0.0382. The first kappa shape index (κ1) is 11.2. The van der Waals surface area contributed by atoms with E-state index in [4.69, 9.17) is 11.6 Å². The van der Waals surface area contributed by atoms with Gasteiger partial charge >= 0.3 is 0 Å². The molecule has 1 aromatic heterocycles. The molecule has 0 aromatic carbocycles. The van der Waals surface area contributed by atoms with Crippen molar-refractivity contribution >= 4 is 11.6 Å². The van der Waals surface area contributed by atoms with E-state index in [-0.39, 0.29) is 23.2 Å². The lowest BCUT2D eigenvalue weighted by Crippen LogP contribution is -2.26. The van der Waals surface area contributed by atoms with Crippen molar-refractivity contribution in [3.63, 3.8) is 0 Å². The van der Waals surface area contributed by atoms with E-state index in [1.165, 1.54) is 10.6 Å². The molecule has 78 valence electrons. The molecule has 0 bridgehead atoms. The summed E-state index contributed by atoms with van der Waals surface area (Å²) in [6.45, 7) is 3.22. The van der Waals surface area contributed by atoms with Gasteiger partial charge in [-0.3, -0.25) is 9.36 Å². The highest BCUT2D eigenvalue weighted by molar-refractivity contribution is 6.29. The van der Waals surface area contributed by atoms with Gasteiger partial charge in [-0.25, -0.2) is 9.37 Å². The third kappa shape index (κ3) is 2.32. The molecule has 0 aliphatic heterocycles. The molecular formula is C9H12ClFN2O. The van der Waals surface area contributed by atoms with Gasteiger partial charge in [0.2, 0.25) is 0 Å². The Morgan fingerprint density at radius 1 is 1.64 bits per heavy atom. The average Bonchev–Trinajstić information content (AvgIpc) is 2.09. The zero-order valence-corrected chi connectivity index (χ0v) is 8.88. The first-order chi connectivity index (χ1) is 6.56. The van der Waals surface area contributed by atoms with E-state index in [0.717, 1.165) is 0 Å². The molecule has 1 aromatic rings. The summed E-state index contributed by atoms with van der Waals surface area (Å²) in [6, 6.07) is 1.20.